The number of piperidine rings is 1. The molecular weight excluding hydrogens is 399 g/mol. The van der Waals surface area contributed by atoms with Crippen LogP contribution in [0.3, 0.4) is 0 Å². The number of carbonyl (C=O) groups is 1. The van der Waals surface area contributed by atoms with Gasteiger partial charge in [0.05, 0.1) is 16.9 Å². The van der Waals surface area contributed by atoms with E-state index >= 15 is 0 Å². The predicted octanol–water partition coefficient (Wildman–Crippen LogP) is 2.84. The molecule has 2 atom stereocenters. The molecule has 1 aliphatic heterocycles. The minimum Gasteiger partial charge on any atom is -0.348 e. The smallest absolute Gasteiger partial charge is 0.273 e. The number of halogens is 2. The summed E-state index contributed by atoms with van der Waals surface area (Å²) in [6.07, 6.45) is 3.62. The van der Waals surface area contributed by atoms with Crippen molar-refractivity contribution in [1.82, 2.24) is 30.6 Å². The summed E-state index contributed by atoms with van der Waals surface area (Å²) in [7, 11) is 0. The molecule has 2 aromatic heterocycles. The lowest BCUT2D eigenvalue weighted by molar-refractivity contribution is 0.0920. The minimum absolute atomic E-state index is 0. The monoisotopic (exact) mass is 422 g/mol. The van der Waals surface area contributed by atoms with E-state index in [4.69, 9.17) is 0 Å². The van der Waals surface area contributed by atoms with Crippen LogP contribution in [0.1, 0.15) is 35.9 Å². The third kappa shape index (κ3) is 4.27. The number of nitrogens with zero attached hydrogens (tertiary/aromatic N) is 4. The Kier molecular flexibility index (Phi) is 7.35. The van der Waals surface area contributed by atoms with E-state index in [0.717, 1.165) is 41.7 Å². The van der Waals surface area contributed by atoms with Crippen LogP contribution in [0.2, 0.25) is 0 Å². The third-order valence-corrected chi connectivity index (χ3v) is 4.92. The first kappa shape index (κ1) is 22.1. The molecule has 0 spiro atoms. The highest BCUT2D eigenvalue weighted by Gasteiger charge is 2.24. The van der Waals surface area contributed by atoms with Crippen LogP contribution >= 0.6 is 24.8 Å². The fourth-order valence-corrected chi connectivity index (χ4v) is 3.56. The minimum atomic E-state index is -0.161. The normalized spacial score (nSPS) is 18.8. The number of benzene rings is 1. The molecule has 0 bridgehead atoms. The maximum atomic E-state index is 12.7. The quantitative estimate of drug-likeness (QED) is 0.677. The Labute approximate surface area is 176 Å². The van der Waals surface area contributed by atoms with Crippen LogP contribution in [0.5, 0.6) is 0 Å². The number of carbonyl (C=O) groups excluding carboxylic acids is 1. The van der Waals surface area contributed by atoms with Crippen LogP contribution in [-0.4, -0.2) is 44.5 Å². The zero-order valence-corrected chi connectivity index (χ0v) is 17.4. The van der Waals surface area contributed by atoms with Gasteiger partial charge in [-0.25, -0.2) is 4.68 Å². The molecule has 1 fully saturated rings. The molecule has 1 amide bonds. The standard InChI is InChI=1S/C19H22N6O.2ClH/c1-12-11-14(8-10-20-12)22-19(26)18-13(2)25(24-23-18)17-7-3-6-16-15(17)5-4-9-21-16;;/h3-7,9,12,14,20H,8,10-11H2,1-2H3,(H,22,26);2*1H. The SMILES string of the molecule is Cc1c(C(=O)NC2CCNC(C)C2)nnn1-c1cccc2ncccc12.Cl.Cl. The molecule has 2 unspecified atom stereocenters. The molecule has 0 radical (unpaired) electrons. The van der Waals surface area contributed by atoms with Gasteiger partial charge >= 0.3 is 0 Å². The topological polar surface area (TPSA) is 84.7 Å². The maximum Gasteiger partial charge on any atom is 0.273 e. The summed E-state index contributed by atoms with van der Waals surface area (Å²) in [6, 6.07) is 10.3. The lowest BCUT2D eigenvalue weighted by atomic mass is 10.0. The Balaban J connectivity index is 0.00000140. The van der Waals surface area contributed by atoms with Gasteiger partial charge in [-0.1, -0.05) is 11.3 Å². The molecule has 150 valence electrons. The van der Waals surface area contributed by atoms with Crippen LogP contribution in [0.25, 0.3) is 16.6 Å². The Hall–Kier alpha value is -2.22. The van der Waals surface area contributed by atoms with Gasteiger partial charge in [0.15, 0.2) is 5.69 Å². The van der Waals surface area contributed by atoms with Gasteiger partial charge in [-0.15, -0.1) is 29.9 Å². The van der Waals surface area contributed by atoms with E-state index in [9.17, 15) is 4.79 Å². The van der Waals surface area contributed by atoms with Crippen LogP contribution in [-0.2, 0) is 0 Å². The Morgan fingerprint density at radius 3 is 2.86 bits per heavy atom. The highest BCUT2D eigenvalue weighted by molar-refractivity contribution is 5.94. The Bertz CT molecular complexity index is 955. The molecule has 2 N–H and O–H groups in total. The number of hydrogen-bond donors (Lipinski definition) is 2. The van der Waals surface area contributed by atoms with Crippen molar-refractivity contribution in [1.29, 1.82) is 0 Å². The summed E-state index contributed by atoms with van der Waals surface area (Å²) in [5.41, 5.74) is 2.85. The molecule has 9 heteroatoms. The summed E-state index contributed by atoms with van der Waals surface area (Å²) in [4.78, 5) is 17.1. The van der Waals surface area contributed by atoms with Crippen molar-refractivity contribution in [3.05, 3.63) is 47.9 Å². The van der Waals surface area contributed by atoms with Crippen molar-refractivity contribution in [2.75, 3.05) is 6.54 Å². The van der Waals surface area contributed by atoms with Gasteiger partial charge in [0.1, 0.15) is 0 Å². The van der Waals surface area contributed by atoms with Crippen molar-refractivity contribution < 1.29 is 4.79 Å². The van der Waals surface area contributed by atoms with Crippen molar-refractivity contribution in [2.24, 2.45) is 0 Å². The summed E-state index contributed by atoms with van der Waals surface area (Å²) >= 11 is 0. The first-order valence-corrected chi connectivity index (χ1v) is 8.94. The first-order valence-electron chi connectivity index (χ1n) is 8.94. The van der Waals surface area contributed by atoms with Crippen LogP contribution in [0.15, 0.2) is 36.5 Å². The first-order chi connectivity index (χ1) is 12.6. The second kappa shape index (κ2) is 9.32. The molecule has 1 aromatic carbocycles. The number of fused-ring (bicyclic) bond motifs is 1. The average Bonchev–Trinajstić information content (AvgIpc) is 3.02. The molecule has 0 saturated carbocycles. The van der Waals surface area contributed by atoms with Crippen LogP contribution in [0, 0.1) is 6.92 Å². The molecule has 3 aromatic rings. The highest BCUT2D eigenvalue weighted by Crippen LogP contribution is 2.22. The Morgan fingerprint density at radius 2 is 2.07 bits per heavy atom. The molecule has 7 nitrogen and oxygen atoms in total. The fraction of sp³-hybridized carbons (Fsp3) is 0.368. The second-order valence-corrected chi connectivity index (χ2v) is 6.83. The summed E-state index contributed by atoms with van der Waals surface area (Å²) in [5, 5.41) is 15.8. The van der Waals surface area contributed by atoms with E-state index in [1.165, 1.54) is 0 Å². The highest BCUT2D eigenvalue weighted by atomic mass is 35.5. The van der Waals surface area contributed by atoms with Gasteiger partial charge in [0, 0.05) is 23.7 Å². The molecule has 4 rings (SSSR count). The van der Waals surface area contributed by atoms with Gasteiger partial charge < -0.3 is 10.6 Å². The second-order valence-electron chi connectivity index (χ2n) is 6.83. The van der Waals surface area contributed by atoms with E-state index in [-0.39, 0.29) is 36.8 Å². The van der Waals surface area contributed by atoms with Crippen molar-refractivity contribution in [2.45, 2.75) is 38.8 Å². The van der Waals surface area contributed by atoms with E-state index in [1.807, 2.05) is 37.3 Å². The fourth-order valence-electron chi connectivity index (χ4n) is 3.56. The van der Waals surface area contributed by atoms with E-state index in [2.05, 4.69) is 32.9 Å². The van der Waals surface area contributed by atoms with Gasteiger partial charge in [-0.3, -0.25) is 9.78 Å². The molecule has 1 aliphatic rings. The molecule has 28 heavy (non-hydrogen) atoms. The largest absolute Gasteiger partial charge is 0.348 e. The number of amides is 1. The number of hydrogen-bond acceptors (Lipinski definition) is 5. The Morgan fingerprint density at radius 1 is 1.25 bits per heavy atom. The van der Waals surface area contributed by atoms with Gasteiger partial charge in [0.25, 0.3) is 5.91 Å². The average molecular weight is 423 g/mol. The third-order valence-electron chi connectivity index (χ3n) is 4.92. The van der Waals surface area contributed by atoms with E-state index in [0.29, 0.717) is 11.7 Å². The van der Waals surface area contributed by atoms with E-state index < -0.39 is 0 Å². The van der Waals surface area contributed by atoms with Crippen molar-refractivity contribution in [3.63, 3.8) is 0 Å². The van der Waals surface area contributed by atoms with Gasteiger partial charge in [-0.2, -0.15) is 0 Å². The predicted molar refractivity (Wildman–Crippen MR) is 114 cm³/mol. The number of nitrogens with one attached hydrogen (secondary N) is 2. The van der Waals surface area contributed by atoms with Crippen molar-refractivity contribution in [3.8, 4) is 5.69 Å². The number of rotatable bonds is 3. The van der Waals surface area contributed by atoms with Gasteiger partial charge in [0.2, 0.25) is 0 Å². The van der Waals surface area contributed by atoms with Gasteiger partial charge in [-0.05, 0) is 57.5 Å². The van der Waals surface area contributed by atoms with Crippen LogP contribution in [0.4, 0.5) is 0 Å². The van der Waals surface area contributed by atoms with E-state index in [1.54, 1.807) is 10.9 Å². The summed E-state index contributed by atoms with van der Waals surface area (Å²) < 4.78 is 1.71. The molecule has 1 saturated heterocycles. The zero-order valence-electron chi connectivity index (χ0n) is 15.8. The zero-order chi connectivity index (χ0) is 18.1. The lowest BCUT2D eigenvalue weighted by Crippen LogP contribution is -2.46. The maximum absolute atomic E-state index is 12.7. The molecule has 0 aliphatic carbocycles. The van der Waals surface area contributed by atoms with Crippen LogP contribution < -0.4 is 10.6 Å². The number of pyridine rings is 1. The number of aromatic nitrogens is 4. The molecular formula is C19H24Cl2N6O. The summed E-state index contributed by atoms with van der Waals surface area (Å²) in [6.45, 7) is 4.92. The summed E-state index contributed by atoms with van der Waals surface area (Å²) in [5.74, 6) is -0.161. The lowest BCUT2D eigenvalue weighted by Gasteiger charge is -2.28. The molecule has 3 heterocycles. The van der Waals surface area contributed by atoms with Crippen molar-refractivity contribution >= 4 is 41.6 Å².